The fourth-order valence-corrected chi connectivity index (χ4v) is 2.40. The molecule has 0 saturated heterocycles. The number of hydrogen-bond donors (Lipinski definition) is 2. The van der Waals surface area contributed by atoms with E-state index in [1.807, 2.05) is 0 Å². The molecule has 8 heteroatoms. The molecule has 2 N–H and O–H groups in total. The topological polar surface area (TPSA) is 103 Å². The van der Waals surface area contributed by atoms with Gasteiger partial charge in [0.1, 0.15) is 25.0 Å². The molecule has 1 aliphatic rings. The van der Waals surface area contributed by atoms with Crippen molar-refractivity contribution >= 4 is 17.6 Å². The van der Waals surface area contributed by atoms with Gasteiger partial charge in [-0.25, -0.2) is 0 Å². The molecule has 2 aromatic rings. The van der Waals surface area contributed by atoms with E-state index in [0.29, 0.717) is 36.3 Å². The maximum atomic E-state index is 12.2. The second-order valence-corrected chi connectivity index (χ2v) is 5.76. The van der Waals surface area contributed by atoms with Crippen molar-refractivity contribution in [1.82, 2.24) is 10.5 Å². The average molecular weight is 345 g/mol. The molecule has 8 nitrogen and oxygen atoms in total. The van der Waals surface area contributed by atoms with Crippen molar-refractivity contribution in [2.45, 2.75) is 26.3 Å². The van der Waals surface area contributed by atoms with Crippen LogP contribution < -0.4 is 20.1 Å². The van der Waals surface area contributed by atoms with Gasteiger partial charge in [-0.1, -0.05) is 11.2 Å². The minimum absolute atomic E-state index is 0.136. The van der Waals surface area contributed by atoms with Crippen LogP contribution in [0.3, 0.4) is 0 Å². The Labute approximate surface area is 144 Å². The fraction of sp³-hybridized carbons (Fsp3) is 0.353. The molecule has 0 saturated carbocycles. The number of anilines is 1. The first-order valence-corrected chi connectivity index (χ1v) is 7.93. The summed E-state index contributed by atoms with van der Waals surface area (Å²) in [6, 6.07) is 6.25. The van der Waals surface area contributed by atoms with Gasteiger partial charge in [0.15, 0.2) is 17.3 Å². The molecule has 0 fully saturated rings. The molecule has 2 amide bonds. The van der Waals surface area contributed by atoms with Gasteiger partial charge in [0.2, 0.25) is 11.8 Å². The van der Waals surface area contributed by atoms with Crippen molar-refractivity contribution in [3.8, 4) is 11.5 Å². The highest BCUT2D eigenvalue weighted by atomic mass is 16.6. The van der Waals surface area contributed by atoms with Crippen LogP contribution in [0.1, 0.15) is 18.2 Å². The monoisotopic (exact) mass is 345 g/mol. The van der Waals surface area contributed by atoms with E-state index in [1.54, 1.807) is 38.1 Å². The van der Waals surface area contributed by atoms with Crippen LogP contribution in [0.5, 0.6) is 11.5 Å². The lowest BCUT2D eigenvalue weighted by Crippen LogP contribution is -2.42. The lowest BCUT2D eigenvalue weighted by molar-refractivity contribution is -0.125. The van der Waals surface area contributed by atoms with E-state index in [0.717, 1.165) is 5.56 Å². The van der Waals surface area contributed by atoms with Crippen molar-refractivity contribution in [3.05, 3.63) is 35.6 Å². The van der Waals surface area contributed by atoms with Crippen LogP contribution in [-0.2, 0) is 16.0 Å². The van der Waals surface area contributed by atoms with E-state index in [-0.39, 0.29) is 18.2 Å². The Bertz CT molecular complexity index is 786. The van der Waals surface area contributed by atoms with Gasteiger partial charge in [0.05, 0.1) is 6.42 Å². The number of amides is 2. The molecule has 0 radical (unpaired) electrons. The number of nitrogens with one attached hydrogen (secondary N) is 2. The summed E-state index contributed by atoms with van der Waals surface area (Å²) in [6.45, 7) is 4.33. The number of carbonyl (C=O) groups is 2. The quantitative estimate of drug-likeness (QED) is 0.850. The third-order valence-corrected chi connectivity index (χ3v) is 3.62. The zero-order valence-corrected chi connectivity index (χ0v) is 14.0. The normalized spacial score (nSPS) is 13.8. The molecule has 0 aliphatic carbocycles. The minimum Gasteiger partial charge on any atom is -0.486 e. The summed E-state index contributed by atoms with van der Waals surface area (Å²) in [5.74, 6) is 1.57. The van der Waals surface area contributed by atoms with Crippen LogP contribution in [0.25, 0.3) is 0 Å². The SMILES string of the molecule is Cc1cc(NC(=O)C(C)NC(=O)Cc2ccc3c(c2)OCCO3)no1. The summed E-state index contributed by atoms with van der Waals surface area (Å²) in [6.07, 6.45) is 0.136. The van der Waals surface area contributed by atoms with Gasteiger partial charge in [-0.2, -0.15) is 0 Å². The van der Waals surface area contributed by atoms with Crippen LogP contribution >= 0.6 is 0 Å². The second-order valence-electron chi connectivity index (χ2n) is 5.76. The Morgan fingerprint density at radius 2 is 1.96 bits per heavy atom. The predicted octanol–water partition coefficient (Wildman–Crippen LogP) is 1.44. The minimum atomic E-state index is -0.707. The molecule has 1 aliphatic heterocycles. The predicted molar refractivity (Wildman–Crippen MR) is 88.6 cm³/mol. The molecular formula is C17H19N3O5. The van der Waals surface area contributed by atoms with Crippen molar-refractivity contribution in [2.24, 2.45) is 0 Å². The smallest absolute Gasteiger partial charge is 0.247 e. The molecule has 1 atom stereocenters. The number of carbonyl (C=O) groups excluding carboxylic acids is 2. The van der Waals surface area contributed by atoms with Gasteiger partial charge in [-0.3, -0.25) is 9.59 Å². The Balaban J connectivity index is 1.53. The van der Waals surface area contributed by atoms with Gasteiger partial charge >= 0.3 is 0 Å². The Morgan fingerprint density at radius 3 is 2.68 bits per heavy atom. The molecule has 25 heavy (non-hydrogen) atoms. The third-order valence-electron chi connectivity index (χ3n) is 3.62. The summed E-state index contributed by atoms with van der Waals surface area (Å²) in [5, 5.41) is 8.91. The van der Waals surface area contributed by atoms with E-state index in [2.05, 4.69) is 15.8 Å². The highest BCUT2D eigenvalue weighted by molar-refractivity contribution is 5.96. The van der Waals surface area contributed by atoms with E-state index in [1.165, 1.54) is 0 Å². The van der Waals surface area contributed by atoms with Crippen LogP contribution in [-0.4, -0.2) is 36.2 Å². The van der Waals surface area contributed by atoms with Crippen molar-refractivity contribution in [1.29, 1.82) is 0 Å². The first kappa shape index (κ1) is 16.8. The van der Waals surface area contributed by atoms with E-state index < -0.39 is 6.04 Å². The number of nitrogens with zero attached hydrogens (tertiary/aromatic N) is 1. The maximum absolute atomic E-state index is 12.2. The van der Waals surface area contributed by atoms with Crippen LogP contribution in [0.2, 0.25) is 0 Å². The largest absolute Gasteiger partial charge is 0.486 e. The maximum Gasteiger partial charge on any atom is 0.247 e. The second kappa shape index (κ2) is 7.25. The molecule has 132 valence electrons. The first-order valence-electron chi connectivity index (χ1n) is 7.93. The summed E-state index contributed by atoms with van der Waals surface area (Å²) in [4.78, 5) is 24.2. The highest BCUT2D eigenvalue weighted by Crippen LogP contribution is 2.30. The molecular weight excluding hydrogens is 326 g/mol. The standard InChI is InChI=1S/C17H19N3O5/c1-10-7-15(20-25-10)19-17(22)11(2)18-16(21)9-12-3-4-13-14(8-12)24-6-5-23-13/h3-4,7-8,11H,5-6,9H2,1-2H3,(H,18,21)(H,19,20,22). The highest BCUT2D eigenvalue weighted by Gasteiger charge is 2.18. The lowest BCUT2D eigenvalue weighted by Gasteiger charge is -2.19. The lowest BCUT2D eigenvalue weighted by atomic mass is 10.1. The van der Waals surface area contributed by atoms with E-state index in [9.17, 15) is 9.59 Å². The number of ether oxygens (including phenoxy) is 2. The number of fused-ring (bicyclic) bond motifs is 1. The molecule has 1 aromatic carbocycles. The number of benzene rings is 1. The van der Waals surface area contributed by atoms with E-state index >= 15 is 0 Å². The number of rotatable bonds is 5. The van der Waals surface area contributed by atoms with Crippen molar-refractivity contribution in [2.75, 3.05) is 18.5 Å². The molecule has 1 aromatic heterocycles. The molecule has 2 heterocycles. The number of aryl methyl sites for hydroxylation is 1. The first-order chi connectivity index (χ1) is 12.0. The molecule has 0 bridgehead atoms. The number of hydrogen-bond acceptors (Lipinski definition) is 6. The van der Waals surface area contributed by atoms with Gasteiger partial charge < -0.3 is 24.6 Å². The Kier molecular flexibility index (Phi) is 4.87. The Morgan fingerprint density at radius 1 is 1.20 bits per heavy atom. The molecule has 3 rings (SSSR count). The van der Waals surface area contributed by atoms with Crippen LogP contribution in [0.4, 0.5) is 5.82 Å². The van der Waals surface area contributed by atoms with Crippen molar-refractivity contribution in [3.63, 3.8) is 0 Å². The summed E-state index contributed by atoms with van der Waals surface area (Å²) >= 11 is 0. The zero-order chi connectivity index (χ0) is 17.8. The third kappa shape index (κ3) is 4.28. The Hall–Kier alpha value is -3.03. The molecule has 0 spiro atoms. The van der Waals surface area contributed by atoms with Crippen LogP contribution in [0.15, 0.2) is 28.8 Å². The molecule has 1 unspecified atom stereocenters. The van der Waals surface area contributed by atoms with Gasteiger partial charge in [0, 0.05) is 6.07 Å². The summed E-state index contributed by atoms with van der Waals surface area (Å²) in [5.41, 5.74) is 0.779. The van der Waals surface area contributed by atoms with Gasteiger partial charge in [-0.05, 0) is 31.5 Å². The average Bonchev–Trinajstić information content (AvgIpc) is 2.99. The van der Waals surface area contributed by atoms with Gasteiger partial charge in [-0.15, -0.1) is 0 Å². The summed E-state index contributed by atoms with van der Waals surface area (Å²) < 4.78 is 15.8. The zero-order valence-electron chi connectivity index (χ0n) is 14.0. The van der Waals surface area contributed by atoms with Crippen LogP contribution in [0, 0.1) is 6.92 Å². The van der Waals surface area contributed by atoms with Gasteiger partial charge in [0.25, 0.3) is 0 Å². The van der Waals surface area contributed by atoms with E-state index in [4.69, 9.17) is 14.0 Å². The number of aromatic nitrogens is 1. The summed E-state index contributed by atoms with van der Waals surface area (Å²) in [7, 11) is 0. The fourth-order valence-electron chi connectivity index (χ4n) is 2.40. The van der Waals surface area contributed by atoms with Crippen molar-refractivity contribution < 1.29 is 23.6 Å².